The van der Waals surface area contributed by atoms with E-state index in [9.17, 15) is 0 Å². The van der Waals surface area contributed by atoms with Crippen molar-refractivity contribution >= 4 is 11.6 Å². The van der Waals surface area contributed by atoms with E-state index in [4.69, 9.17) is 16.3 Å². The monoisotopic (exact) mass is 193 g/mol. The molecule has 3 heteroatoms. The fourth-order valence-corrected chi connectivity index (χ4v) is 1.33. The van der Waals surface area contributed by atoms with Gasteiger partial charge in [-0.15, -0.1) is 11.6 Å². The lowest BCUT2D eigenvalue weighted by molar-refractivity contribution is 0.195. The van der Waals surface area contributed by atoms with E-state index in [0.29, 0.717) is 12.6 Å². The third kappa shape index (κ3) is 5.81. The second-order valence-corrected chi connectivity index (χ2v) is 3.59. The molecule has 0 radical (unpaired) electrons. The zero-order valence-corrected chi connectivity index (χ0v) is 9.03. The fraction of sp³-hybridized carbons (Fsp3) is 1.00. The van der Waals surface area contributed by atoms with Crippen molar-refractivity contribution in [2.24, 2.45) is 0 Å². The number of nitrogens with one attached hydrogen (secondary N) is 1. The van der Waals surface area contributed by atoms with Gasteiger partial charge in [-0.25, -0.2) is 0 Å². The minimum atomic E-state index is 0.0931. The molecule has 0 aromatic heterocycles. The number of halogens is 1. The molecule has 0 aromatic carbocycles. The van der Waals surface area contributed by atoms with E-state index in [-0.39, 0.29) is 5.38 Å². The van der Waals surface area contributed by atoms with Crippen molar-refractivity contribution in [1.29, 1.82) is 0 Å². The van der Waals surface area contributed by atoms with Gasteiger partial charge in [0.15, 0.2) is 0 Å². The van der Waals surface area contributed by atoms with Crippen LogP contribution in [0, 0.1) is 0 Å². The van der Waals surface area contributed by atoms with E-state index in [2.05, 4.69) is 19.2 Å². The van der Waals surface area contributed by atoms with Gasteiger partial charge in [0.2, 0.25) is 0 Å². The van der Waals surface area contributed by atoms with Crippen molar-refractivity contribution in [3.05, 3.63) is 0 Å². The van der Waals surface area contributed by atoms with Crippen LogP contribution in [-0.2, 0) is 4.74 Å². The quantitative estimate of drug-likeness (QED) is 0.625. The Labute approximate surface area is 80.6 Å². The Morgan fingerprint density at radius 1 is 1.33 bits per heavy atom. The number of hydrogen-bond acceptors (Lipinski definition) is 2. The molecule has 0 saturated carbocycles. The summed E-state index contributed by atoms with van der Waals surface area (Å²) in [5, 5.41) is 3.48. The van der Waals surface area contributed by atoms with Crippen LogP contribution in [0.4, 0.5) is 0 Å². The van der Waals surface area contributed by atoms with Gasteiger partial charge in [0.05, 0.1) is 12.0 Å². The molecule has 0 aliphatic carbocycles. The van der Waals surface area contributed by atoms with Crippen LogP contribution >= 0.6 is 11.6 Å². The lowest BCUT2D eigenvalue weighted by atomic mass is 10.2. The molecule has 0 spiro atoms. The summed E-state index contributed by atoms with van der Waals surface area (Å²) in [4.78, 5) is 0. The highest BCUT2D eigenvalue weighted by Crippen LogP contribution is 1.99. The SMILES string of the molecule is CCC(CC)NCC(Cl)COC. The van der Waals surface area contributed by atoms with Gasteiger partial charge >= 0.3 is 0 Å². The lowest BCUT2D eigenvalue weighted by Gasteiger charge is -2.16. The number of methoxy groups -OCH3 is 1. The summed E-state index contributed by atoms with van der Waals surface area (Å²) in [7, 11) is 1.67. The van der Waals surface area contributed by atoms with Gasteiger partial charge < -0.3 is 10.1 Å². The van der Waals surface area contributed by atoms with Gasteiger partial charge in [0.25, 0.3) is 0 Å². The highest BCUT2D eigenvalue weighted by molar-refractivity contribution is 6.20. The van der Waals surface area contributed by atoms with E-state index < -0.39 is 0 Å². The first kappa shape index (κ1) is 12.2. The Morgan fingerprint density at radius 2 is 1.92 bits per heavy atom. The van der Waals surface area contributed by atoms with E-state index >= 15 is 0 Å². The zero-order valence-electron chi connectivity index (χ0n) is 8.27. The summed E-state index contributed by atoms with van der Waals surface area (Å²) in [6.07, 6.45) is 2.32. The number of ether oxygens (including phenoxy) is 1. The van der Waals surface area contributed by atoms with Crippen LogP contribution in [0.25, 0.3) is 0 Å². The Kier molecular flexibility index (Phi) is 7.98. The van der Waals surface area contributed by atoms with Crippen molar-refractivity contribution in [3.8, 4) is 0 Å². The first-order valence-electron chi connectivity index (χ1n) is 4.60. The van der Waals surface area contributed by atoms with Crippen molar-refractivity contribution in [2.75, 3.05) is 20.3 Å². The van der Waals surface area contributed by atoms with Gasteiger partial charge in [-0.3, -0.25) is 0 Å². The van der Waals surface area contributed by atoms with Crippen LogP contribution < -0.4 is 5.32 Å². The highest BCUT2D eigenvalue weighted by Gasteiger charge is 2.06. The molecule has 0 aliphatic rings. The zero-order chi connectivity index (χ0) is 9.40. The third-order valence-electron chi connectivity index (χ3n) is 1.96. The topological polar surface area (TPSA) is 21.3 Å². The van der Waals surface area contributed by atoms with Crippen molar-refractivity contribution < 1.29 is 4.74 Å². The van der Waals surface area contributed by atoms with Crippen LogP contribution in [0.1, 0.15) is 26.7 Å². The van der Waals surface area contributed by atoms with Crippen molar-refractivity contribution in [3.63, 3.8) is 0 Å². The maximum absolute atomic E-state index is 5.95. The van der Waals surface area contributed by atoms with Crippen LogP contribution in [0.15, 0.2) is 0 Å². The molecule has 2 nitrogen and oxygen atoms in total. The molecule has 0 amide bonds. The van der Waals surface area contributed by atoms with Gasteiger partial charge in [0.1, 0.15) is 0 Å². The molecule has 1 atom stereocenters. The van der Waals surface area contributed by atoms with Crippen LogP contribution in [0.5, 0.6) is 0 Å². The average molecular weight is 194 g/mol. The summed E-state index contributed by atoms with van der Waals surface area (Å²) < 4.78 is 4.93. The summed E-state index contributed by atoms with van der Waals surface area (Å²) >= 11 is 5.95. The fourth-order valence-electron chi connectivity index (χ4n) is 1.11. The number of rotatable bonds is 7. The maximum atomic E-state index is 5.95. The number of alkyl halides is 1. The summed E-state index contributed by atoms with van der Waals surface area (Å²) in [6.45, 7) is 5.82. The van der Waals surface area contributed by atoms with E-state index in [1.54, 1.807) is 7.11 Å². The molecule has 12 heavy (non-hydrogen) atoms. The molecule has 0 aromatic rings. The van der Waals surface area contributed by atoms with Crippen molar-refractivity contribution in [1.82, 2.24) is 5.32 Å². The molecule has 0 saturated heterocycles. The minimum Gasteiger partial charge on any atom is -0.383 e. The van der Waals surface area contributed by atoms with Crippen molar-refractivity contribution in [2.45, 2.75) is 38.1 Å². The summed E-state index contributed by atoms with van der Waals surface area (Å²) in [5.41, 5.74) is 0. The molecular weight excluding hydrogens is 174 g/mol. The number of hydrogen-bond donors (Lipinski definition) is 1. The van der Waals surface area contributed by atoms with Crippen LogP contribution in [-0.4, -0.2) is 31.7 Å². The Bertz CT molecular complexity index is 96.5. The van der Waals surface area contributed by atoms with E-state index in [1.807, 2.05) is 0 Å². The second-order valence-electron chi connectivity index (χ2n) is 2.97. The Morgan fingerprint density at radius 3 is 2.33 bits per heavy atom. The van der Waals surface area contributed by atoms with Gasteiger partial charge in [-0.1, -0.05) is 13.8 Å². The smallest absolute Gasteiger partial charge is 0.0694 e. The van der Waals surface area contributed by atoms with Gasteiger partial charge in [-0.05, 0) is 12.8 Å². The minimum absolute atomic E-state index is 0.0931. The first-order valence-corrected chi connectivity index (χ1v) is 5.04. The van der Waals surface area contributed by atoms with Gasteiger partial charge in [0, 0.05) is 19.7 Å². The van der Waals surface area contributed by atoms with Crippen LogP contribution in [0.3, 0.4) is 0 Å². The summed E-state index contributed by atoms with van der Waals surface area (Å²) in [6, 6.07) is 0.600. The molecule has 74 valence electrons. The summed E-state index contributed by atoms with van der Waals surface area (Å²) in [5.74, 6) is 0. The lowest BCUT2D eigenvalue weighted by Crippen LogP contribution is -2.34. The Hall–Kier alpha value is 0.210. The van der Waals surface area contributed by atoms with E-state index in [1.165, 1.54) is 0 Å². The van der Waals surface area contributed by atoms with E-state index in [0.717, 1.165) is 19.4 Å². The van der Waals surface area contributed by atoms with Gasteiger partial charge in [-0.2, -0.15) is 0 Å². The molecule has 1 N–H and O–H groups in total. The molecule has 0 aliphatic heterocycles. The normalized spacial score (nSPS) is 13.8. The standard InChI is InChI=1S/C9H20ClNO/c1-4-9(5-2)11-6-8(10)7-12-3/h8-9,11H,4-7H2,1-3H3. The maximum Gasteiger partial charge on any atom is 0.0694 e. The molecule has 0 heterocycles. The Balaban J connectivity index is 3.37. The predicted octanol–water partition coefficient (Wildman–Crippen LogP) is 2.02. The molecule has 0 fully saturated rings. The molecule has 0 rings (SSSR count). The average Bonchev–Trinajstić information content (AvgIpc) is 2.07. The predicted molar refractivity (Wildman–Crippen MR) is 53.9 cm³/mol. The second kappa shape index (κ2) is 7.84. The first-order chi connectivity index (χ1) is 5.74. The highest BCUT2D eigenvalue weighted by atomic mass is 35.5. The third-order valence-corrected chi connectivity index (χ3v) is 2.24. The molecule has 0 bridgehead atoms. The van der Waals surface area contributed by atoms with Crippen LogP contribution in [0.2, 0.25) is 0 Å². The molecular formula is C9H20ClNO. The largest absolute Gasteiger partial charge is 0.383 e. The molecule has 1 unspecified atom stereocenters.